The van der Waals surface area contributed by atoms with Gasteiger partial charge >= 0.3 is 5.97 Å². The fourth-order valence-corrected chi connectivity index (χ4v) is 2.67. The molecule has 1 saturated heterocycles. The number of ether oxygens (including phenoxy) is 4. The zero-order valence-corrected chi connectivity index (χ0v) is 15.2. The average Bonchev–Trinajstić information content (AvgIpc) is 2.65. The van der Waals surface area contributed by atoms with Crippen molar-refractivity contribution in [1.82, 2.24) is 0 Å². The highest BCUT2D eigenvalue weighted by Crippen LogP contribution is 2.18. The van der Waals surface area contributed by atoms with Gasteiger partial charge in [-0.25, -0.2) is 4.79 Å². The third-order valence-electron chi connectivity index (χ3n) is 4.18. The van der Waals surface area contributed by atoms with E-state index in [1.165, 1.54) is 0 Å². The van der Waals surface area contributed by atoms with Crippen LogP contribution in [0.4, 0.5) is 0 Å². The van der Waals surface area contributed by atoms with Crippen molar-refractivity contribution in [3.63, 3.8) is 0 Å². The van der Waals surface area contributed by atoms with Gasteiger partial charge in [-0.05, 0) is 18.9 Å². The summed E-state index contributed by atoms with van der Waals surface area (Å²) in [6.45, 7) is 5.59. The third-order valence-corrected chi connectivity index (χ3v) is 4.18. The number of rotatable bonds is 7. The van der Waals surface area contributed by atoms with Crippen molar-refractivity contribution in [3.8, 4) is 0 Å². The van der Waals surface area contributed by atoms with Gasteiger partial charge < -0.3 is 24.7 Å². The Labute approximate surface area is 149 Å². The first-order valence-corrected chi connectivity index (χ1v) is 9.00. The largest absolute Gasteiger partial charge is 0.455 e. The highest BCUT2D eigenvalue weighted by molar-refractivity contribution is 5.74. The summed E-state index contributed by atoms with van der Waals surface area (Å²) < 4.78 is 23.3. The van der Waals surface area contributed by atoms with Crippen LogP contribution >= 0.6 is 0 Å². The lowest BCUT2D eigenvalue weighted by atomic mass is 10.1. The van der Waals surface area contributed by atoms with Crippen molar-refractivity contribution in [2.45, 2.75) is 57.6 Å². The summed E-state index contributed by atoms with van der Waals surface area (Å²) >= 11 is 0. The fraction of sp³-hybridized carbons (Fsp3) is 0.632. The Bertz CT molecular complexity index is 510. The highest BCUT2D eigenvalue weighted by Gasteiger charge is 2.35. The third kappa shape index (κ3) is 6.40. The minimum Gasteiger partial charge on any atom is -0.455 e. The summed E-state index contributed by atoms with van der Waals surface area (Å²) in [6.07, 6.45) is 0.895. The molecule has 140 valence electrons. The number of esters is 1. The van der Waals surface area contributed by atoms with E-state index in [2.05, 4.69) is 12.7 Å². The van der Waals surface area contributed by atoms with Crippen molar-refractivity contribution in [2.75, 3.05) is 19.8 Å². The summed E-state index contributed by atoms with van der Waals surface area (Å²) in [5.41, 5.74) is 4.85. The molecule has 6 heteroatoms. The second-order valence-corrected chi connectivity index (χ2v) is 6.40. The van der Waals surface area contributed by atoms with Crippen LogP contribution in [0, 0.1) is 0 Å². The number of hydrogen-bond donors (Lipinski definition) is 1. The SMILES string of the molecule is CCCCO[C@H]1COC[C@H]([NH3+])C(=O)O[C@@H](C)[C@@H]1OCc1ccccc1. The molecule has 1 aromatic rings. The number of carbonyl (C=O) groups is 1. The van der Waals surface area contributed by atoms with E-state index in [9.17, 15) is 4.79 Å². The van der Waals surface area contributed by atoms with Crippen LogP contribution in [0.2, 0.25) is 0 Å². The number of hydrogen-bond acceptors (Lipinski definition) is 5. The Morgan fingerprint density at radius 1 is 1.20 bits per heavy atom. The topological polar surface area (TPSA) is 81.6 Å². The highest BCUT2D eigenvalue weighted by atomic mass is 16.6. The molecule has 1 fully saturated rings. The minimum absolute atomic E-state index is 0.227. The van der Waals surface area contributed by atoms with E-state index in [-0.39, 0.29) is 18.7 Å². The van der Waals surface area contributed by atoms with Gasteiger partial charge in [0.05, 0.1) is 13.2 Å². The van der Waals surface area contributed by atoms with Crippen molar-refractivity contribution >= 4 is 5.97 Å². The lowest BCUT2D eigenvalue weighted by Crippen LogP contribution is -2.67. The number of benzene rings is 1. The summed E-state index contributed by atoms with van der Waals surface area (Å²) in [7, 11) is 0. The number of carbonyl (C=O) groups excluding carboxylic acids is 1. The Morgan fingerprint density at radius 2 is 1.96 bits per heavy atom. The molecule has 1 heterocycles. The summed E-state index contributed by atoms with van der Waals surface area (Å²) in [5.74, 6) is -0.366. The normalized spacial score (nSPS) is 27.9. The first kappa shape index (κ1) is 19.8. The van der Waals surface area contributed by atoms with Crippen molar-refractivity contribution in [2.24, 2.45) is 0 Å². The molecule has 25 heavy (non-hydrogen) atoms. The zero-order valence-electron chi connectivity index (χ0n) is 15.2. The molecule has 2 rings (SSSR count). The molecule has 0 bridgehead atoms. The van der Waals surface area contributed by atoms with Gasteiger partial charge in [0.2, 0.25) is 6.04 Å². The Morgan fingerprint density at radius 3 is 2.68 bits per heavy atom. The molecular weight excluding hydrogens is 322 g/mol. The van der Waals surface area contributed by atoms with Gasteiger partial charge in [-0.1, -0.05) is 43.7 Å². The Kier molecular flexibility index (Phi) is 8.34. The molecule has 6 nitrogen and oxygen atoms in total. The predicted octanol–water partition coefficient (Wildman–Crippen LogP) is 1.33. The molecule has 1 aromatic carbocycles. The van der Waals surface area contributed by atoms with E-state index in [1.807, 2.05) is 37.3 Å². The molecule has 0 saturated carbocycles. The van der Waals surface area contributed by atoms with Crippen LogP contribution < -0.4 is 5.73 Å². The lowest BCUT2D eigenvalue weighted by Gasteiger charge is -2.30. The van der Waals surface area contributed by atoms with Gasteiger partial charge in [0.15, 0.2) is 0 Å². The molecule has 0 amide bonds. The Hall–Kier alpha value is -1.47. The predicted molar refractivity (Wildman–Crippen MR) is 92.7 cm³/mol. The standard InChI is InChI=1S/C19H29NO5/c1-3-4-10-23-17-13-22-12-16(20)19(21)25-14(2)18(17)24-11-15-8-6-5-7-9-15/h5-9,14,16-18H,3-4,10-13,20H2,1-2H3/p+1/t14-,16-,17-,18-/m0/s1. The number of quaternary nitrogens is 1. The molecule has 0 unspecified atom stereocenters. The monoisotopic (exact) mass is 352 g/mol. The van der Waals surface area contributed by atoms with Crippen LogP contribution in [-0.2, 0) is 30.3 Å². The fourth-order valence-electron chi connectivity index (χ4n) is 2.67. The second-order valence-electron chi connectivity index (χ2n) is 6.40. The van der Waals surface area contributed by atoms with Crippen LogP contribution in [0.5, 0.6) is 0 Å². The molecule has 0 spiro atoms. The summed E-state index contributed by atoms with van der Waals surface area (Å²) in [5, 5.41) is 0. The van der Waals surface area contributed by atoms with Gasteiger partial charge in [0.25, 0.3) is 0 Å². The van der Waals surface area contributed by atoms with E-state index in [1.54, 1.807) is 0 Å². The maximum absolute atomic E-state index is 12.1. The molecule has 3 N–H and O–H groups in total. The maximum atomic E-state index is 12.1. The van der Waals surface area contributed by atoms with Gasteiger partial charge in [-0.2, -0.15) is 0 Å². The zero-order chi connectivity index (χ0) is 18.1. The maximum Gasteiger partial charge on any atom is 0.367 e. The first-order chi connectivity index (χ1) is 12.1. The van der Waals surface area contributed by atoms with Crippen LogP contribution in [0.3, 0.4) is 0 Å². The molecule has 1 aliphatic heterocycles. The smallest absolute Gasteiger partial charge is 0.367 e. The molecule has 4 atom stereocenters. The van der Waals surface area contributed by atoms with Crippen molar-refractivity contribution in [1.29, 1.82) is 0 Å². The van der Waals surface area contributed by atoms with Crippen molar-refractivity contribution < 1.29 is 29.5 Å². The van der Waals surface area contributed by atoms with Crippen LogP contribution in [0.1, 0.15) is 32.3 Å². The molecular formula is C19H30NO5+. The second kappa shape index (κ2) is 10.5. The van der Waals surface area contributed by atoms with Gasteiger partial charge in [0, 0.05) is 6.61 Å². The summed E-state index contributed by atoms with van der Waals surface area (Å²) in [6, 6.07) is 9.37. The number of unbranched alkanes of at least 4 members (excludes halogenated alkanes) is 1. The van der Waals surface area contributed by atoms with Gasteiger partial charge in [-0.3, -0.25) is 0 Å². The van der Waals surface area contributed by atoms with Gasteiger partial charge in [-0.15, -0.1) is 0 Å². The van der Waals surface area contributed by atoms with E-state index in [0.717, 1.165) is 18.4 Å². The van der Waals surface area contributed by atoms with Crippen molar-refractivity contribution in [3.05, 3.63) is 35.9 Å². The summed E-state index contributed by atoms with van der Waals surface area (Å²) in [4.78, 5) is 12.1. The molecule has 0 aromatic heterocycles. The van der Waals surface area contributed by atoms with Crippen LogP contribution in [0.25, 0.3) is 0 Å². The van der Waals surface area contributed by atoms with Gasteiger partial charge in [0.1, 0.15) is 24.9 Å². The van der Waals surface area contributed by atoms with Crippen LogP contribution in [0.15, 0.2) is 30.3 Å². The molecule has 0 aliphatic carbocycles. The van der Waals surface area contributed by atoms with E-state index in [0.29, 0.717) is 19.8 Å². The lowest BCUT2D eigenvalue weighted by molar-refractivity contribution is -0.415. The van der Waals surface area contributed by atoms with E-state index < -0.39 is 18.2 Å². The van der Waals surface area contributed by atoms with E-state index >= 15 is 0 Å². The quantitative estimate of drug-likeness (QED) is 0.591. The Balaban J connectivity index is 2.07. The van der Waals surface area contributed by atoms with E-state index in [4.69, 9.17) is 18.9 Å². The van der Waals surface area contributed by atoms with Crippen LogP contribution in [-0.4, -0.2) is 50.1 Å². The minimum atomic E-state index is -0.536. The number of cyclic esters (lactones) is 1. The average molecular weight is 352 g/mol. The molecule has 1 aliphatic rings. The first-order valence-electron chi connectivity index (χ1n) is 9.00. The molecule has 0 radical (unpaired) electrons.